The number of aryl methyl sites for hydroxylation is 1. The molecule has 0 radical (unpaired) electrons. The molecule has 0 amide bonds. The maximum Gasteiger partial charge on any atom is 0.129 e. The van der Waals surface area contributed by atoms with Gasteiger partial charge in [-0.05, 0) is 43.8 Å². The average Bonchev–Trinajstić information content (AvgIpc) is 2.81. The second-order valence-corrected chi connectivity index (χ2v) is 5.78. The van der Waals surface area contributed by atoms with E-state index in [4.69, 9.17) is 0 Å². The summed E-state index contributed by atoms with van der Waals surface area (Å²) in [6, 6.07) is 5.00. The van der Waals surface area contributed by atoms with Crippen LogP contribution in [0.1, 0.15) is 17.7 Å². The molecule has 1 aliphatic rings. The molecule has 0 saturated carbocycles. The Morgan fingerprint density at radius 3 is 3.00 bits per heavy atom. The van der Waals surface area contributed by atoms with Crippen LogP contribution in [-0.2, 0) is 6.54 Å². The molecule has 0 aromatic carbocycles. The fourth-order valence-corrected chi connectivity index (χ4v) is 3.49. The molecule has 1 saturated heterocycles. The molecule has 1 atom stereocenters. The van der Waals surface area contributed by atoms with Gasteiger partial charge in [-0.2, -0.15) is 11.8 Å². The Labute approximate surface area is 108 Å². The van der Waals surface area contributed by atoms with Gasteiger partial charge in [0.15, 0.2) is 0 Å². The highest BCUT2D eigenvalue weighted by molar-refractivity contribution is 7.99. The Hall–Kier alpha value is -0.740. The van der Waals surface area contributed by atoms with Crippen molar-refractivity contribution in [1.29, 1.82) is 0 Å². The molecule has 2 rings (SSSR count). The lowest BCUT2D eigenvalue weighted by Crippen LogP contribution is -2.32. The van der Waals surface area contributed by atoms with Crippen molar-refractivity contribution in [3.63, 3.8) is 0 Å². The van der Waals surface area contributed by atoms with Crippen LogP contribution in [0, 0.1) is 6.92 Å². The molecule has 17 heavy (non-hydrogen) atoms. The fourth-order valence-electron chi connectivity index (χ4n) is 2.22. The predicted molar refractivity (Wildman–Crippen MR) is 75.9 cm³/mol. The van der Waals surface area contributed by atoms with E-state index in [1.54, 1.807) is 0 Å². The monoisotopic (exact) mass is 251 g/mol. The Morgan fingerprint density at radius 1 is 1.53 bits per heavy atom. The number of pyridine rings is 1. The van der Waals surface area contributed by atoms with Crippen LogP contribution in [0.15, 0.2) is 12.1 Å². The van der Waals surface area contributed by atoms with E-state index in [9.17, 15) is 0 Å². The molecule has 0 spiro atoms. The van der Waals surface area contributed by atoms with Gasteiger partial charge in [0.2, 0.25) is 0 Å². The van der Waals surface area contributed by atoms with Gasteiger partial charge in [0, 0.05) is 31.1 Å². The zero-order valence-corrected chi connectivity index (χ0v) is 11.7. The number of aromatic nitrogens is 1. The summed E-state index contributed by atoms with van der Waals surface area (Å²) in [4.78, 5) is 6.99. The maximum absolute atomic E-state index is 4.65. The topological polar surface area (TPSA) is 28.2 Å². The predicted octanol–water partition coefficient (Wildman–Crippen LogP) is 2.05. The number of anilines is 1. The fraction of sp³-hybridized carbons (Fsp3) is 0.615. The summed E-state index contributed by atoms with van der Waals surface area (Å²) in [7, 11) is 4.15. The van der Waals surface area contributed by atoms with Crippen molar-refractivity contribution in [1.82, 2.24) is 10.3 Å². The van der Waals surface area contributed by atoms with Gasteiger partial charge in [0.1, 0.15) is 5.82 Å². The minimum atomic E-state index is 0.650. The SMILES string of the molecule is CNCc1cc(C)nc(N(C)C2CCSC2)c1. The summed E-state index contributed by atoms with van der Waals surface area (Å²) >= 11 is 2.04. The van der Waals surface area contributed by atoms with Gasteiger partial charge < -0.3 is 10.2 Å². The van der Waals surface area contributed by atoms with Crippen LogP contribution < -0.4 is 10.2 Å². The van der Waals surface area contributed by atoms with Crippen molar-refractivity contribution < 1.29 is 0 Å². The third-order valence-corrected chi connectivity index (χ3v) is 4.34. The minimum absolute atomic E-state index is 0.650. The highest BCUT2D eigenvalue weighted by Gasteiger charge is 2.21. The van der Waals surface area contributed by atoms with Gasteiger partial charge in [-0.3, -0.25) is 0 Å². The highest BCUT2D eigenvalue weighted by atomic mass is 32.2. The van der Waals surface area contributed by atoms with Gasteiger partial charge in [0.25, 0.3) is 0 Å². The summed E-state index contributed by atoms with van der Waals surface area (Å²) in [5.74, 6) is 3.63. The van der Waals surface area contributed by atoms with E-state index in [0.717, 1.165) is 18.1 Å². The molecular formula is C13H21N3S. The third kappa shape index (κ3) is 3.13. The van der Waals surface area contributed by atoms with E-state index >= 15 is 0 Å². The van der Waals surface area contributed by atoms with Gasteiger partial charge >= 0.3 is 0 Å². The van der Waals surface area contributed by atoms with Crippen LogP contribution in [0.25, 0.3) is 0 Å². The van der Waals surface area contributed by atoms with E-state index < -0.39 is 0 Å². The first-order chi connectivity index (χ1) is 8.20. The average molecular weight is 251 g/mol. The second-order valence-electron chi connectivity index (χ2n) is 4.63. The zero-order valence-electron chi connectivity index (χ0n) is 10.9. The Kier molecular flexibility index (Phi) is 4.29. The molecule has 1 aromatic rings. The Bertz CT molecular complexity index is 375. The number of nitrogens with one attached hydrogen (secondary N) is 1. The van der Waals surface area contributed by atoms with Crippen LogP contribution in [0.3, 0.4) is 0 Å². The highest BCUT2D eigenvalue weighted by Crippen LogP contribution is 2.25. The molecule has 3 nitrogen and oxygen atoms in total. The van der Waals surface area contributed by atoms with E-state index in [1.165, 1.54) is 23.5 Å². The first-order valence-electron chi connectivity index (χ1n) is 6.13. The zero-order chi connectivity index (χ0) is 12.3. The quantitative estimate of drug-likeness (QED) is 0.886. The Morgan fingerprint density at radius 2 is 2.35 bits per heavy atom. The molecule has 0 bridgehead atoms. The molecule has 1 unspecified atom stereocenters. The van der Waals surface area contributed by atoms with Crippen LogP contribution >= 0.6 is 11.8 Å². The smallest absolute Gasteiger partial charge is 0.129 e. The standard InChI is InChI=1S/C13H21N3S/c1-10-6-11(8-14-2)7-13(15-10)16(3)12-4-5-17-9-12/h6-7,12,14H,4-5,8-9H2,1-3H3. The molecule has 1 fully saturated rings. The lowest BCUT2D eigenvalue weighted by atomic mass is 10.2. The molecule has 1 N–H and O–H groups in total. The van der Waals surface area contributed by atoms with Gasteiger partial charge in [-0.15, -0.1) is 0 Å². The molecule has 1 aliphatic heterocycles. The maximum atomic E-state index is 4.65. The lowest BCUT2D eigenvalue weighted by molar-refractivity contribution is 0.689. The Balaban J connectivity index is 2.18. The lowest BCUT2D eigenvalue weighted by Gasteiger charge is -2.25. The summed E-state index contributed by atoms with van der Waals surface area (Å²) < 4.78 is 0. The number of nitrogens with zero attached hydrogens (tertiary/aromatic N) is 2. The van der Waals surface area contributed by atoms with E-state index in [1.807, 2.05) is 18.8 Å². The first kappa shape index (κ1) is 12.7. The van der Waals surface area contributed by atoms with Crippen molar-refractivity contribution in [2.45, 2.75) is 25.9 Å². The second kappa shape index (κ2) is 5.74. The summed E-state index contributed by atoms with van der Waals surface area (Å²) in [6.45, 7) is 2.98. The molecule has 1 aromatic heterocycles. The van der Waals surface area contributed by atoms with Gasteiger partial charge in [0.05, 0.1) is 0 Å². The first-order valence-corrected chi connectivity index (χ1v) is 7.29. The normalized spacial score (nSPS) is 19.6. The van der Waals surface area contributed by atoms with Crippen molar-refractivity contribution in [2.75, 3.05) is 30.5 Å². The minimum Gasteiger partial charge on any atom is -0.356 e. The largest absolute Gasteiger partial charge is 0.356 e. The van der Waals surface area contributed by atoms with Gasteiger partial charge in [-0.1, -0.05) is 0 Å². The third-order valence-electron chi connectivity index (χ3n) is 3.20. The molecule has 0 aliphatic carbocycles. The van der Waals surface area contributed by atoms with Crippen molar-refractivity contribution >= 4 is 17.6 Å². The van der Waals surface area contributed by atoms with Crippen LogP contribution in [0.2, 0.25) is 0 Å². The number of hydrogen-bond acceptors (Lipinski definition) is 4. The summed E-state index contributed by atoms with van der Waals surface area (Å²) in [5, 5.41) is 3.20. The molecule has 94 valence electrons. The van der Waals surface area contributed by atoms with Crippen molar-refractivity contribution in [3.8, 4) is 0 Å². The number of hydrogen-bond donors (Lipinski definition) is 1. The van der Waals surface area contributed by atoms with Gasteiger partial charge in [-0.25, -0.2) is 4.98 Å². The molecule has 2 heterocycles. The van der Waals surface area contributed by atoms with Crippen LogP contribution in [-0.4, -0.2) is 36.6 Å². The summed E-state index contributed by atoms with van der Waals surface area (Å²) in [5.41, 5.74) is 2.41. The summed E-state index contributed by atoms with van der Waals surface area (Å²) in [6.07, 6.45) is 1.28. The number of thioether (sulfide) groups is 1. The van der Waals surface area contributed by atoms with E-state index in [2.05, 4.69) is 41.3 Å². The van der Waals surface area contributed by atoms with Crippen molar-refractivity contribution in [3.05, 3.63) is 23.4 Å². The van der Waals surface area contributed by atoms with E-state index in [-0.39, 0.29) is 0 Å². The molecular weight excluding hydrogens is 230 g/mol. The van der Waals surface area contributed by atoms with Crippen LogP contribution in [0.5, 0.6) is 0 Å². The molecule has 4 heteroatoms. The van der Waals surface area contributed by atoms with Crippen molar-refractivity contribution in [2.24, 2.45) is 0 Å². The van der Waals surface area contributed by atoms with E-state index in [0.29, 0.717) is 6.04 Å². The van der Waals surface area contributed by atoms with Crippen LogP contribution in [0.4, 0.5) is 5.82 Å². The number of rotatable bonds is 4.